The topological polar surface area (TPSA) is 70.2 Å². The van der Waals surface area contributed by atoms with Crippen LogP contribution in [0.25, 0.3) is 0 Å². The van der Waals surface area contributed by atoms with E-state index in [9.17, 15) is 17.6 Å². The molecule has 1 amide bonds. The molecule has 2 heterocycles. The van der Waals surface area contributed by atoms with Gasteiger partial charge in [0, 0.05) is 51.4 Å². The zero-order valence-electron chi connectivity index (χ0n) is 17.2. The van der Waals surface area contributed by atoms with Crippen molar-refractivity contribution in [3.05, 3.63) is 65.5 Å². The summed E-state index contributed by atoms with van der Waals surface area (Å²) < 4.78 is 46.1. The van der Waals surface area contributed by atoms with Crippen molar-refractivity contribution >= 4 is 15.9 Å². The lowest BCUT2D eigenvalue weighted by Crippen LogP contribution is -2.50. The van der Waals surface area contributed by atoms with Gasteiger partial charge in [0.2, 0.25) is 10.0 Å². The van der Waals surface area contributed by atoms with Gasteiger partial charge in [0.1, 0.15) is 10.7 Å². The van der Waals surface area contributed by atoms with E-state index in [4.69, 9.17) is 4.74 Å². The molecule has 0 saturated carbocycles. The molecule has 0 spiro atoms. The lowest BCUT2D eigenvalue weighted by molar-refractivity contribution is 0.0341. The second kappa shape index (κ2) is 9.44. The summed E-state index contributed by atoms with van der Waals surface area (Å²) >= 11 is 0. The first-order valence-corrected chi connectivity index (χ1v) is 11.8. The highest BCUT2D eigenvalue weighted by molar-refractivity contribution is 7.89. The number of morpholine rings is 1. The minimum absolute atomic E-state index is 0.119. The molecule has 166 valence electrons. The van der Waals surface area contributed by atoms with Gasteiger partial charge < -0.3 is 9.64 Å². The van der Waals surface area contributed by atoms with Gasteiger partial charge in [-0.05, 0) is 29.8 Å². The third-order valence-electron chi connectivity index (χ3n) is 5.66. The molecule has 0 radical (unpaired) electrons. The van der Waals surface area contributed by atoms with Gasteiger partial charge in [-0.3, -0.25) is 9.69 Å². The van der Waals surface area contributed by atoms with Crippen LogP contribution in [0.2, 0.25) is 0 Å². The number of rotatable bonds is 5. The molecule has 0 unspecified atom stereocenters. The smallest absolute Gasteiger partial charge is 0.253 e. The van der Waals surface area contributed by atoms with E-state index in [-0.39, 0.29) is 37.0 Å². The molecule has 0 aliphatic carbocycles. The van der Waals surface area contributed by atoms with Crippen LogP contribution in [0.1, 0.15) is 15.9 Å². The second-order valence-electron chi connectivity index (χ2n) is 7.72. The summed E-state index contributed by atoms with van der Waals surface area (Å²) in [6.07, 6.45) is 0. The highest BCUT2D eigenvalue weighted by Crippen LogP contribution is 2.21. The molecule has 2 fully saturated rings. The molecule has 9 heteroatoms. The predicted molar refractivity (Wildman–Crippen MR) is 114 cm³/mol. The Labute approximate surface area is 182 Å². The molecule has 2 aliphatic rings. The normalized spacial score (nSPS) is 18.8. The Morgan fingerprint density at radius 1 is 0.935 bits per heavy atom. The summed E-state index contributed by atoms with van der Waals surface area (Å²) in [6, 6.07) is 12.9. The largest absolute Gasteiger partial charge is 0.379 e. The zero-order valence-corrected chi connectivity index (χ0v) is 18.1. The summed E-state index contributed by atoms with van der Waals surface area (Å²) in [5, 5.41) is 0. The van der Waals surface area contributed by atoms with Crippen molar-refractivity contribution < 1.29 is 22.3 Å². The van der Waals surface area contributed by atoms with Crippen LogP contribution in [0.15, 0.2) is 53.4 Å². The number of benzene rings is 2. The Kier molecular flexibility index (Phi) is 6.66. The minimum Gasteiger partial charge on any atom is -0.379 e. The van der Waals surface area contributed by atoms with E-state index in [1.165, 1.54) is 22.5 Å². The Morgan fingerprint density at radius 2 is 1.65 bits per heavy atom. The summed E-state index contributed by atoms with van der Waals surface area (Å²) in [6.45, 7) is 4.75. The van der Waals surface area contributed by atoms with E-state index < -0.39 is 15.8 Å². The van der Waals surface area contributed by atoms with Gasteiger partial charge in [0.15, 0.2) is 0 Å². The van der Waals surface area contributed by atoms with E-state index >= 15 is 0 Å². The third-order valence-corrected chi connectivity index (χ3v) is 7.60. The van der Waals surface area contributed by atoms with E-state index in [1.54, 1.807) is 11.0 Å². The molecule has 2 aromatic rings. The van der Waals surface area contributed by atoms with Gasteiger partial charge in [0.25, 0.3) is 5.91 Å². The van der Waals surface area contributed by atoms with Crippen LogP contribution in [0.3, 0.4) is 0 Å². The molecule has 0 aromatic heterocycles. The zero-order chi connectivity index (χ0) is 21.8. The number of ether oxygens (including phenoxy) is 1. The molecule has 0 bridgehead atoms. The maximum Gasteiger partial charge on any atom is 0.253 e. The van der Waals surface area contributed by atoms with Crippen LogP contribution >= 0.6 is 0 Å². The van der Waals surface area contributed by atoms with Gasteiger partial charge in [0.05, 0.1) is 13.2 Å². The molecule has 0 atom stereocenters. The van der Waals surface area contributed by atoms with Gasteiger partial charge in [-0.15, -0.1) is 0 Å². The van der Waals surface area contributed by atoms with Crippen LogP contribution in [0, 0.1) is 5.82 Å². The monoisotopic (exact) mass is 447 g/mol. The van der Waals surface area contributed by atoms with Gasteiger partial charge in [-0.1, -0.05) is 24.3 Å². The Balaban J connectivity index is 1.39. The molecule has 2 aromatic carbocycles. The first kappa shape index (κ1) is 21.9. The molecule has 0 N–H and O–H groups in total. The molecular formula is C22H26FN3O4S. The summed E-state index contributed by atoms with van der Waals surface area (Å²) in [5.74, 6) is -0.884. The van der Waals surface area contributed by atoms with E-state index in [2.05, 4.69) is 4.90 Å². The van der Waals surface area contributed by atoms with Crippen LogP contribution in [0.5, 0.6) is 0 Å². The van der Waals surface area contributed by atoms with Gasteiger partial charge in [-0.25, -0.2) is 12.8 Å². The quantitative estimate of drug-likeness (QED) is 0.699. The highest BCUT2D eigenvalue weighted by atomic mass is 32.2. The maximum atomic E-state index is 14.0. The lowest BCUT2D eigenvalue weighted by Gasteiger charge is -2.34. The Bertz CT molecular complexity index is 1030. The SMILES string of the molecule is O=C(c1cccc(CN2CCOCC2)c1)N1CCN(S(=O)(=O)c2ccccc2F)CC1. The summed E-state index contributed by atoms with van der Waals surface area (Å²) in [7, 11) is -3.92. The van der Waals surface area contributed by atoms with Crippen molar-refractivity contribution in [3.8, 4) is 0 Å². The number of carbonyl (C=O) groups is 1. The number of sulfonamides is 1. The van der Waals surface area contributed by atoms with Crippen LogP contribution in [-0.2, 0) is 21.3 Å². The van der Waals surface area contributed by atoms with Gasteiger partial charge in [-0.2, -0.15) is 4.31 Å². The third kappa shape index (κ3) is 4.95. The lowest BCUT2D eigenvalue weighted by atomic mass is 10.1. The summed E-state index contributed by atoms with van der Waals surface area (Å²) in [5.41, 5.74) is 1.66. The van der Waals surface area contributed by atoms with Crippen LogP contribution in [0.4, 0.5) is 4.39 Å². The van der Waals surface area contributed by atoms with Gasteiger partial charge >= 0.3 is 0 Å². The number of nitrogens with zero attached hydrogens (tertiary/aromatic N) is 3. The number of carbonyl (C=O) groups excluding carboxylic acids is 1. The number of hydrogen-bond acceptors (Lipinski definition) is 5. The molecule has 2 saturated heterocycles. The predicted octanol–water partition coefficient (Wildman–Crippen LogP) is 1.80. The number of amides is 1. The highest BCUT2D eigenvalue weighted by Gasteiger charge is 2.32. The van der Waals surface area contributed by atoms with Crippen molar-refractivity contribution in [3.63, 3.8) is 0 Å². The Hall–Kier alpha value is -2.33. The average Bonchev–Trinajstić information content (AvgIpc) is 2.80. The van der Waals surface area contributed by atoms with Crippen LogP contribution < -0.4 is 0 Å². The number of halogens is 1. The molecular weight excluding hydrogens is 421 g/mol. The maximum absolute atomic E-state index is 14.0. The standard InChI is InChI=1S/C22H26FN3O4S/c23-20-6-1-2-7-21(20)31(28,29)26-10-8-25(9-11-26)22(27)19-5-3-4-18(16-19)17-24-12-14-30-15-13-24/h1-7,16H,8-15,17H2. The Morgan fingerprint density at radius 3 is 2.35 bits per heavy atom. The van der Waals surface area contributed by atoms with E-state index in [1.807, 2.05) is 18.2 Å². The van der Waals surface area contributed by atoms with Crippen molar-refractivity contribution in [2.45, 2.75) is 11.4 Å². The fourth-order valence-corrected chi connectivity index (χ4v) is 5.41. The average molecular weight is 448 g/mol. The minimum atomic E-state index is -3.92. The fraction of sp³-hybridized carbons (Fsp3) is 0.409. The van der Waals surface area contributed by atoms with E-state index in [0.29, 0.717) is 5.56 Å². The number of hydrogen-bond donors (Lipinski definition) is 0. The van der Waals surface area contributed by atoms with Crippen molar-refractivity contribution in [2.75, 3.05) is 52.5 Å². The molecule has 2 aliphatic heterocycles. The molecule has 7 nitrogen and oxygen atoms in total. The molecule has 4 rings (SSSR count). The van der Waals surface area contributed by atoms with Crippen molar-refractivity contribution in [1.29, 1.82) is 0 Å². The molecule has 31 heavy (non-hydrogen) atoms. The summed E-state index contributed by atoms with van der Waals surface area (Å²) in [4.78, 5) is 16.6. The first-order valence-electron chi connectivity index (χ1n) is 10.4. The number of piperazine rings is 1. The van der Waals surface area contributed by atoms with Crippen LogP contribution in [-0.4, -0.2) is 80.9 Å². The van der Waals surface area contributed by atoms with Crippen molar-refractivity contribution in [2.24, 2.45) is 0 Å². The van der Waals surface area contributed by atoms with E-state index in [0.717, 1.165) is 44.5 Å². The fourth-order valence-electron chi connectivity index (χ4n) is 3.93. The van der Waals surface area contributed by atoms with Crippen molar-refractivity contribution in [1.82, 2.24) is 14.1 Å². The second-order valence-corrected chi connectivity index (χ2v) is 9.62. The first-order chi connectivity index (χ1) is 14.9.